The number of rotatable bonds is 3. The fourth-order valence-corrected chi connectivity index (χ4v) is 3.98. The number of benzene rings is 1. The lowest BCUT2D eigenvalue weighted by Crippen LogP contribution is -2.55. The zero-order chi connectivity index (χ0) is 14.9. The van der Waals surface area contributed by atoms with Crippen LogP contribution < -0.4 is 10.1 Å². The molecule has 0 aliphatic carbocycles. The van der Waals surface area contributed by atoms with Gasteiger partial charge in [0.05, 0.1) is 17.0 Å². The maximum atomic E-state index is 12.5. The van der Waals surface area contributed by atoms with Crippen molar-refractivity contribution < 1.29 is 17.9 Å². The normalized spacial score (nSPS) is 20.6. The van der Waals surface area contributed by atoms with Gasteiger partial charge in [-0.15, -0.1) is 0 Å². The zero-order valence-corrected chi connectivity index (χ0v) is 12.7. The first kappa shape index (κ1) is 15.1. The van der Waals surface area contributed by atoms with Crippen molar-refractivity contribution in [3.8, 4) is 5.75 Å². The lowest BCUT2D eigenvalue weighted by Gasteiger charge is -2.31. The average Bonchev–Trinajstić information content (AvgIpc) is 2.41. The van der Waals surface area contributed by atoms with Crippen LogP contribution in [0.5, 0.6) is 5.75 Å². The highest BCUT2D eigenvalue weighted by Crippen LogP contribution is 2.29. The van der Waals surface area contributed by atoms with Crippen molar-refractivity contribution in [1.82, 2.24) is 9.62 Å². The Morgan fingerprint density at radius 2 is 2.15 bits per heavy atom. The number of piperazine rings is 1. The van der Waals surface area contributed by atoms with Gasteiger partial charge in [-0.25, -0.2) is 8.42 Å². The second-order valence-corrected chi connectivity index (χ2v) is 6.68. The van der Waals surface area contributed by atoms with Crippen molar-refractivity contribution in [1.29, 1.82) is 0 Å². The molecule has 1 N–H and O–H groups in total. The van der Waals surface area contributed by atoms with E-state index in [-0.39, 0.29) is 22.4 Å². The Kier molecular flexibility index (Phi) is 4.22. The molecule has 1 fully saturated rings. The van der Waals surface area contributed by atoms with Crippen molar-refractivity contribution >= 4 is 27.5 Å². The largest absolute Gasteiger partial charge is 0.495 e. The highest BCUT2D eigenvalue weighted by Gasteiger charge is 2.35. The number of amides is 1. The fourth-order valence-electron chi connectivity index (χ4n) is 2.03. The second-order valence-electron chi connectivity index (χ2n) is 4.38. The maximum Gasteiger partial charge on any atom is 0.243 e. The van der Waals surface area contributed by atoms with E-state index in [1.165, 1.54) is 29.6 Å². The van der Waals surface area contributed by atoms with Gasteiger partial charge in [-0.2, -0.15) is 4.31 Å². The molecule has 8 heteroatoms. The van der Waals surface area contributed by atoms with Gasteiger partial charge in [0.1, 0.15) is 11.8 Å². The molecule has 20 heavy (non-hydrogen) atoms. The molecule has 0 bridgehead atoms. The van der Waals surface area contributed by atoms with Gasteiger partial charge in [0.2, 0.25) is 15.9 Å². The Morgan fingerprint density at radius 3 is 2.75 bits per heavy atom. The van der Waals surface area contributed by atoms with E-state index in [2.05, 4.69) is 5.32 Å². The van der Waals surface area contributed by atoms with Crippen LogP contribution in [0, 0.1) is 0 Å². The molecular weight excluding hydrogens is 304 g/mol. The summed E-state index contributed by atoms with van der Waals surface area (Å²) in [5, 5.41) is 2.83. The second kappa shape index (κ2) is 5.59. The molecular formula is C12H15ClN2O4S. The SMILES string of the molecule is COc1ccc(S(=O)(=O)N2CCNC(=O)C2C)cc1Cl. The Morgan fingerprint density at radius 1 is 1.45 bits per heavy atom. The summed E-state index contributed by atoms with van der Waals surface area (Å²) in [6.07, 6.45) is 0. The fraction of sp³-hybridized carbons (Fsp3) is 0.417. The molecule has 1 saturated heterocycles. The molecule has 0 radical (unpaired) electrons. The van der Waals surface area contributed by atoms with Gasteiger partial charge in [0.15, 0.2) is 0 Å². The Balaban J connectivity index is 2.39. The predicted octanol–water partition coefficient (Wildman–Crippen LogP) is 0.858. The third-order valence-electron chi connectivity index (χ3n) is 3.17. The number of sulfonamides is 1. The van der Waals surface area contributed by atoms with Gasteiger partial charge in [-0.05, 0) is 25.1 Å². The van der Waals surface area contributed by atoms with E-state index in [4.69, 9.17) is 16.3 Å². The van der Waals surface area contributed by atoms with E-state index in [0.717, 1.165) is 0 Å². The summed E-state index contributed by atoms with van der Waals surface area (Å²) in [7, 11) is -2.31. The number of carbonyl (C=O) groups excluding carboxylic acids is 1. The number of halogens is 1. The highest BCUT2D eigenvalue weighted by molar-refractivity contribution is 7.89. The molecule has 1 amide bonds. The number of hydrogen-bond donors (Lipinski definition) is 1. The lowest BCUT2D eigenvalue weighted by atomic mass is 10.2. The van der Waals surface area contributed by atoms with Gasteiger partial charge in [0, 0.05) is 13.1 Å². The topological polar surface area (TPSA) is 75.7 Å². The summed E-state index contributed by atoms with van der Waals surface area (Å²) in [5.74, 6) is 0.0921. The van der Waals surface area contributed by atoms with Gasteiger partial charge in [0.25, 0.3) is 0 Å². The Bertz CT molecular complexity index is 632. The third-order valence-corrected chi connectivity index (χ3v) is 5.43. The van der Waals surface area contributed by atoms with Crippen LogP contribution >= 0.6 is 11.6 Å². The summed E-state index contributed by atoms with van der Waals surface area (Å²) >= 11 is 5.95. The standard InChI is InChI=1S/C12H15ClN2O4S/c1-8-12(16)14-5-6-15(8)20(17,18)9-3-4-11(19-2)10(13)7-9/h3-4,7-8H,5-6H2,1-2H3,(H,14,16). The molecule has 0 aromatic heterocycles. The number of ether oxygens (including phenoxy) is 1. The van der Waals surface area contributed by atoms with Crippen LogP contribution in [-0.2, 0) is 14.8 Å². The van der Waals surface area contributed by atoms with Crippen LogP contribution in [0.15, 0.2) is 23.1 Å². The van der Waals surface area contributed by atoms with Gasteiger partial charge < -0.3 is 10.1 Å². The first-order valence-corrected chi connectivity index (χ1v) is 7.83. The number of hydrogen-bond acceptors (Lipinski definition) is 4. The maximum absolute atomic E-state index is 12.5. The summed E-state index contributed by atoms with van der Waals surface area (Å²) in [5.41, 5.74) is 0. The van der Waals surface area contributed by atoms with E-state index in [0.29, 0.717) is 12.3 Å². The Hall–Kier alpha value is -1.31. The van der Waals surface area contributed by atoms with Crippen LogP contribution in [0.25, 0.3) is 0 Å². The van der Waals surface area contributed by atoms with Crippen LogP contribution in [0.3, 0.4) is 0 Å². The minimum Gasteiger partial charge on any atom is -0.495 e. The summed E-state index contributed by atoms with van der Waals surface area (Å²) in [6, 6.07) is 3.49. The summed E-state index contributed by atoms with van der Waals surface area (Å²) < 4.78 is 31.2. The van der Waals surface area contributed by atoms with Crippen molar-refractivity contribution in [2.24, 2.45) is 0 Å². The molecule has 2 rings (SSSR count). The average molecular weight is 319 g/mol. The van der Waals surface area contributed by atoms with E-state index >= 15 is 0 Å². The zero-order valence-electron chi connectivity index (χ0n) is 11.1. The highest BCUT2D eigenvalue weighted by atomic mass is 35.5. The quantitative estimate of drug-likeness (QED) is 0.897. The molecule has 1 unspecified atom stereocenters. The first-order valence-electron chi connectivity index (χ1n) is 6.01. The van der Waals surface area contributed by atoms with E-state index < -0.39 is 16.1 Å². The predicted molar refractivity (Wildman–Crippen MR) is 74.4 cm³/mol. The smallest absolute Gasteiger partial charge is 0.243 e. The molecule has 1 atom stereocenters. The van der Waals surface area contributed by atoms with Crippen molar-refractivity contribution in [2.75, 3.05) is 20.2 Å². The van der Waals surface area contributed by atoms with Gasteiger partial charge in [-0.1, -0.05) is 11.6 Å². The van der Waals surface area contributed by atoms with Crippen LogP contribution in [0.4, 0.5) is 0 Å². The molecule has 0 saturated carbocycles. The minimum atomic E-state index is -3.76. The molecule has 0 spiro atoms. The molecule has 1 aromatic rings. The first-order chi connectivity index (χ1) is 9.37. The van der Waals surface area contributed by atoms with Crippen molar-refractivity contribution in [3.05, 3.63) is 23.2 Å². The van der Waals surface area contributed by atoms with E-state index in [1.807, 2.05) is 0 Å². The molecule has 6 nitrogen and oxygen atoms in total. The number of methoxy groups -OCH3 is 1. The van der Waals surface area contributed by atoms with Gasteiger partial charge in [-0.3, -0.25) is 4.79 Å². The Labute approximate surface area is 122 Å². The van der Waals surface area contributed by atoms with E-state index in [1.54, 1.807) is 6.92 Å². The molecule has 1 heterocycles. The van der Waals surface area contributed by atoms with Gasteiger partial charge >= 0.3 is 0 Å². The number of nitrogens with zero attached hydrogens (tertiary/aromatic N) is 1. The number of carbonyl (C=O) groups is 1. The lowest BCUT2D eigenvalue weighted by molar-refractivity contribution is -0.126. The molecule has 1 aliphatic rings. The number of nitrogens with one attached hydrogen (secondary N) is 1. The summed E-state index contributed by atoms with van der Waals surface area (Å²) in [4.78, 5) is 11.6. The molecule has 1 aromatic carbocycles. The third kappa shape index (κ3) is 2.61. The van der Waals surface area contributed by atoms with Crippen LogP contribution in [-0.4, -0.2) is 44.9 Å². The minimum absolute atomic E-state index is 0.0462. The monoisotopic (exact) mass is 318 g/mol. The van der Waals surface area contributed by atoms with Crippen molar-refractivity contribution in [3.63, 3.8) is 0 Å². The summed E-state index contributed by atoms with van der Waals surface area (Å²) in [6.45, 7) is 2.09. The van der Waals surface area contributed by atoms with Crippen LogP contribution in [0.2, 0.25) is 5.02 Å². The molecule has 1 aliphatic heterocycles. The van der Waals surface area contributed by atoms with Crippen molar-refractivity contribution in [2.45, 2.75) is 17.9 Å². The van der Waals surface area contributed by atoms with E-state index in [9.17, 15) is 13.2 Å². The molecule has 110 valence electrons. The van der Waals surface area contributed by atoms with Crippen LogP contribution in [0.1, 0.15) is 6.92 Å².